The zero-order valence-electron chi connectivity index (χ0n) is 16.7. The van der Waals surface area contributed by atoms with Gasteiger partial charge in [0.2, 0.25) is 10.0 Å². The van der Waals surface area contributed by atoms with Crippen LogP contribution >= 0.6 is 0 Å². The van der Waals surface area contributed by atoms with Crippen molar-refractivity contribution < 1.29 is 39.9 Å². The molecule has 0 aliphatic carbocycles. The lowest BCUT2D eigenvalue weighted by Gasteiger charge is -2.32. The van der Waals surface area contributed by atoms with Gasteiger partial charge < -0.3 is 5.11 Å². The summed E-state index contributed by atoms with van der Waals surface area (Å²) >= 11 is 0. The Hall–Kier alpha value is -2.89. The third kappa shape index (κ3) is 5.05. The number of sulfonamides is 1. The molecule has 0 saturated heterocycles. The molecule has 0 fully saturated rings. The van der Waals surface area contributed by atoms with E-state index in [0.717, 1.165) is 12.1 Å². The summed E-state index contributed by atoms with van der Waals surface area (Å²) in [5, 5.41) is 14.6. The summed E-state index contributed by atoms with van der Waals surface area (Å²) in [6.07, 6.45) is -12.0. The van der Waals surface area contributed by atoms with E-state index < -0.39 is 39.3 Å². The Morgan fingerprint density at radius 2 is 1.24 bits per heavy atom. The second kappa shape index (κ2) is 8.47. The zero-order valence-corrected chi connectivity index (χ0v) is 17.5. The summed E-state index contributed by atoms with van der Waals surface area (Å²) in [5.41, 5.74) is -4.09. The normalized spacial score (nSPS) is 13.2. The molecule has 0 unspecified atom stereocenters. The van der Waals surface area contributed by atoms with E-state index in [1.54, 1.807) is 48.5 Å². The average Bonchev–Trinajstić information content (AvgIpc) is 2.70. The average molecular weight is 489 g/mol. The van der Waals surface area contributed by atoms with Crippen molar-refractivity contribution in [2.75, 3.05) is 0 Å². The van der Waals surface area contributed by atoms with Crippen molar-refractivity contribution in [1.29, 1.82) is 0 Å². The number of aliphatic hydroxyl groups is 1. The second-order valence-corrected chi connectivity index (χ2v) is 8.95. The van der Waals surface area contributed by atoms with Crippen LogP contribution in [0.1, 0.15) is 11.1 Å². The number of primary sulfonamides is 1. The maximum absolute atomic E-state index is 13.1. The van der Waals surface area contributed by atoms with Gasteiger partial charge in [-0.25, -0.2) is 13.6 Å². The van der Waals surface area contributed by atoms with Crippen LogP contribution in [0.25, 0.3) is 22.3 Å². The molecule has 0 radical (unpaired) electrons. The molecule has 0 aromatic heterocycles. The van der Waals surface area contributed by atoms with E-state index in [0.29, 0.717) is 34.4 Å². The Labute approximate surface area is 185 Å². The first kappa shape index (κ1) is 24.7. The van der Waals surface area contributed by atoms with Crippen LogP contribution in [0, 0.1) is 0 Å². The standard InChI is InChI=1S/C22H17F6NO3S/c23-21(24,25)20(30,22(26,27)28)17-10-8-15(9-11-17)18-6-1-2-7-19(18)16-5-3-4-14(12-16)13-33(29,31)32/h1-12,30H,13H2,(H2,29,31,32). The number of hydrogen-bond donors (Lipinski definition) is 2. The van der Waals surface area contributed by atoms with Gasteiger partial charge in [0.1, 0.15) is 0 Å². The van der Waals surface area contributed by atoms with Crippen molar-refractivity contribution in [3.63, 3.8) is 0 Å². The molecule has 0 aliphatic heterocycles. The van der Waals surface area contributed by atoms with Crippen LogP contribution in [-0.2, 0) is 21.4 Å². The van der Waals surface area contributed by atoms with Gasteiger partial charge >= 0.3 is 12.4 Å². The third-order valence-electron chi connectivity index (χ3n) is 4.97. The Morgan fingerprint density at radius 3 is 1.73 bits per heavy atom. The first-order valence-corrected chi connectivity index (χ1v) is 11.0. The van der Waals surface area contributed by atoms with Gasteiger partial charge in [0.25, 0.3) is 5.60 Å². The van der Waals surface area contributed by atoms with Gasteiger partial charge in [0, 0.05) is 5.56 Å². The number of nitrogens with two attached hydrogens (primary N) is 1. The maximum Gasteiger partial charge on any atom is 0.430 e. The molecular formula is C22H17F6NO3S. The highest BCUT2D eigenvalue weighted by Crippen LogP contribution is 2.50. The van der Waals surface area contributed by atoms with Crippen molar-refractivity contribution in [2.24, 2.45) is 5.14 Å². The number of halogens is 6. The summed E-state index contributed by atoms with van der Waals surface area (Å²) in [6, 6.07) is 16.2. The van der Waals surface area contributed by atoms with Gasteiger partial charge in [-0.2, -0.15) is 26.3 Å². The monoisotopic (exact) mass is 489 g/mol. The molecule has 0 bridgehead atoms. The summed E-state index contributed by atoms with van der Waals surface area (Å²) in [6.45, 7) is 0. The van der Waals surface area contributed by atoms with Gasteiger partial charge in [-0.05, 0) is 27.8 Å². The lowest BCUT2D eigenvalue weighted by Crippen LogP contribution is -2.53. The molecule has 0 saturated carbocycles. The minimum atomic E-state index is -5.98. The van der Waals surface area contributed by atoms with Crippen LogP contribution in [0.15, 0.2) is 72.8 Å². The van der Waals surface area contributed by atoms with E-state index in [-0.39, 0.29) is 5.56 Å². The summed E-state index contributed by atoms with van der Waals surface area (Å²) in [4.78, 5) is 0. The van der Waals surface area contributed by atoms with Crippen molar-refractivity contribution >= 4 is 10.0 Å². The fourth-order valence-electron chi connectivity index (χ4n) is 3.43. The van der Waals surface area contributed by atoms with Crippen molar-refractivity contribution in [1.82, 2.24) is 0 Å². The minimum absolute atomic E-state index is 0.290. The van der Waals surface area contributed by atoms with Crippen LogP contribution in [0.5, 0.6) is 0 Å². The molecule has 11 heteroatoms. The predicted molar refractivity (Wildman–Crippen MR) is 110 cm³/mol. The number of hydrogen-bond acceptors (Lipinski definition) is 3. The van der Waals surface area contributed by atoms with E-state index in [4.69, 9.17) is 5.14 Å². The van der Waals surface area contributed by atoms with E-state index in [9.17, 15) is 39.9 Å². The largest absolute Gasteiger partial charge is 0.430 e. The molecule has 0 aliphatic rings. The topological polar surface area (TPSA) is 80.4 Å². The van der Waals surface area contributed by atoms with Crippen molar-refractivity contribution in [2.45, 2.75) is 23.7 Å². The fraction of sp³-hybridized carbons (Fsp3) is 0.182. The highest BCUT2D eigenvalue weighted by Gasteiger charge is 2.71. The van der Waals surface area contributed by atoms with Crippen LogP contribution < -0.4 is 5.14 Å². The summed E-state index contributed by atoms with van der Waals surface area (Å²) in [5.74, 6) is -0.412. The van der Waals surface area contributed by atoms with Gasteiger partial charge in [-0.1, -0.05) is 72.8 Å². The van der Waals surface area contributed by atoms with E-state index in [1.807, 2.05) is 0 Å². The van der Waals surface area contributed by atoms with Gasteiger partial charge in [-0.15, -0.1) is 0 Å². The fourth-order valence-corrected chi connectivity index (χ4v) is 4.07. The van der Waals surface area contributed by atoms with Crippen molar-refractivity contribution in [3.8, 4) is 22.3 Å². The molecule has 0 amide bonds. The smallest absolute Gasteiger partial charge is 0.369 e. The first-order valence-electron chi connectivity index (χ1n) is 9.29. The van der Waals surface area contributed by atoms with E-state index in [2.05, 4.69) is 0 Å². The Balaban J connectivity index is 2.07. The van der Waals surface area contributed by atoms with Gasteiger partial charge in [0.15, 0.2) is 0 Å². The molecule has 176 valence electrons. The highest BCUT2D eigenvalue weighted by atomic mass is 32.2. The van der Waals surface area contributed by atoms with Crippen LogP contribution in [-0.4, -0.2) is 25.9 Å². The molecule has 0 heterocycles. The molecule has 3 aromatic carbocycles. The SMILES string of the molecule is NS(=O)(=O)Cc1cccc(-c2ccccc2-c2ccc(C(O)(C(F)(F)F)C(F)(F)F)cc2)c1. The Kier molecular flexibility index (Phi) is 6.35. The van der Waals surface area contributed by atoms with E-state index in [1.165, 1.54) is 0 Å². The maximum atomic E-state index is 13.1. The Morgan fingerprint density at radius 1 is 0.727 bits per heavy atom. The van der Waals surface area contributed by atoms with Crippen LogP contribution in [0.4, 0.5) is 26.3 Å². The molecule has 4 nitrogen and oxygen atoms in total. The molecule has 0 atom stereocenters. The molecule has 3 aromatic rings. The van der Waals surface area contributed by atoms with Crippen LogP contribution in [0.2, 0.25) is 0 Å². The molecule has 3 N–H and O–H groups in total. The number of alkyl halides is 6. The molecular weight excluding hydrogens is 472 g/mol. The number of benzene rings is 3. The quantitative estimate of drug-likeness (QED) is 0.488. The lowest BCUT2D eigenvalue weighted by molar-refractivity contribution is -0.376. The Bertz CT molecular complexity index is 1240. The summed E-state index contributed by atoms with van der Waals surface area (Å²) in [7, 11) is -3.79. The van der Waals surface area contributed by atoms with Gasteiger partial charge in [0.05, 0.1) is 5.75 Å². The molecule has 0 spiro atoms. The summed E-state index contributed by atoms with van der Waals surface area (Å²) < 4.78 is 102. The van der Waals surface area contributed by atoms with Crippen LogP contribution in [0.3, 0.4) is 0 Å². The van der Waals surface area contributed by atoms with E-state index >= 15 is 0 Å². The highest BCUT2D eigenvalue weighted by molar-refractivity contribution is 7.88. The predicted octanol–water partition coefficient (Wildman–Crippen LogP) is 5.12. The van der Waals surface area contributed by atoms with Gasteiger partial charge in [-0.3, -0.25) is 0 Å². The molecule has 33 heavy (non-hydrogen) atoms. The third-order valence-corrected chi connectivity index (χ3v) is 5.70. The number of rotatable bonds is 5. The first-order chi connectivity index (χ1) is 15.1. The minimum Gasteiger partial charge on any atom is -0.369 e. The lowest BCUT2D eigenvalue weighted by atomic mass is 9.89. The second-order valence-electron chi connectivity index (χ2n) is 7.34. The zero-order chi connectivity index (χ0) is 24.7. The molecule has 3 rings (SSSR count). The van der Waals surface area contributed by atoms with Crippen molar-refractivity contribution in [3.05, 3.63) is 83.9 Å².